The first-order valence-corrected chi connectivity index (χ1v) is 8.45. The second-order valence-corrected chi connectivity index (χ2v) is 6.92. The largest absolute Gasteiger partial charge is 0.479 e. The fourth-order valence-corrected chi connectivity index (χ4v) is 2.56. The van der Waals surface area contributed by atoms with Gasteiger partial charge in [0.15, 0.2) is 6.10 Å². The number of rotatable bonds is 4. The van der Waals surface area contributed by atoms with E-state index in [0.717, 1.165) is 3.57 Å². The summed E-state index contributed by atoms with van der Waals surface area (Å²) in [6.45, 7) is 1.63. The number of hydrogen-bond acceptors (Lipinski definition) is 2. The molecule has 1 atom stereocenters. The van der Waals surface area contributed by atoms with Crippen LogP contribution in [0.4, 0.5) is 5.69 Å². The molecule has 7 heteroatoms. The van der Waals surface area contributed by atoms with Crippen LogP contribution >= 0.6 is 57.4 Å². The summed E-state index contributed by atoms with van der Waals surface area (Å²) < 4.78 is 6.64. The van der Waals surface area contributed by atoms with Gasteiger partial charge in [-0.15, -0.1) is 0 Å². The van der Waals surface area contributed by atoms with E-state index in [1.165, 1.54) is 12.1 Å². The van der Waals surface area contributed by atoms with Crippen molar-refractivity contribution >= 4 is 69.0 Å². The van der Waals surface area contributed by atoms with Gasteiger partial charge in [-0.05, 0) is 59.8 Å². The minimum Gasteiger partial charge on any atom is -0.479 e. The van der Waals surface area contributed by atoms with Gasteiger partial charge >= 0.3 is 0 Å². The van der Waals surface area contributed by atoms with Crippen molar-refractivity contribution in [1.29, 1.82) is 0 Å². The van der Waals surface area contributed by atoms with Crippen LogP contribution < -0.4 is 10.1 Å². The molecule has 2 rings (SSSR count). The Morgan fingerprint density at radius 3 is 2.32 bits per heavy atom. The Morgan fingerprint density at radius 1 is 1.09 bits per heavy atom. The lowest BCUT2D eigenvalue weighted by molar-refractivity contribution is -0.122. The highest BCUT2D eigenvalue weighted by Crippen LogP contribution is 2.34. The molecule has 2 aromatic rings. The van der Waals surface area contributed by atoms with Crippen LogP contribution in [0.25, 0.3) is 0 Å². The van der Waals surface area contributed by atoms with Gasteiger partial charge in [0.05, 0.1) is 15.1 Å². The molecule has 0 heterocycles. The number of carbonyl (C=O) groups excluding carboxylic acids is 1. The molecule has 0 spiro atoms. The van der Waals surface area contributed by atoms with Crippen LogP contribution in [-0.2, 0) is 4.79 Å². The molecular formula is C15H11Cl3INO2. The van der Waals surface area contributed by atoms with Crippen molar-refractivity contribution in [1.82, 2.24) is 0 Å². The molecule has 0 aromatic heterocycles. The van der Waals surface area contributed by atoms with Crippen molar-refractivity contribution in [2.75, 3.05) is 5.32 Å². The molecule has 1 unspecified atom stereocenters. The van der Waals surface area contributed by atoms with Crippen LogP contribution in [0.15, 0.2) is 36.4 Å². The summed E-state index contributed by atoms with van der Waals surface area (Å²) in [5.41, 5.74) is 0.695. The molecule has 2 aromatic carbocycles. The van der Waals surface area contributed by atoms with Crippen LogP contribution in [-0.4, -0.2) is 12.0 Å². The number of anilines is 1. The van der Waals surface area contributed by atoms with Gasteiger partial charge in [0.2, 0.25) is 0 Å². The van der Waals surface area contributed by atoms with E-state index < -0.39 is 6.10 Å². The molecule has 0 radical (unpaired) electrons. The van der Waals surface area contributed by atoms with E-state index in [9.17, 15) is 4.79 Å². The average molecular weight is 471 g/mol. The highest BCUT2D eigenvalue weighted by molar-refractivity contribution is 14.1. The molecule has 116 valence electrons. The number of amides is 1. The maximum absolute atomic E-state index is 12.1. The highest BCUT2D eigenvalue weighted by Gasteiger charge is 2.17. The minimum atomic E-state index is -0.742. The summed E-state index contributed by atoms with van der Waals surface area (Å²) in [5, 5.41) is 3.70. The lowest BCUT2D eigenvalue weighted by atomic mass is 10.3. The second-order valence-electron chi connectivity index (χ2n) is 4.45. The van der Waals surface area contributed by atoms with Gasteiger partial charge in [-0.1, -0.05) is 34.8 Å². The van der Waals surface area contributed by atoms with Crippen LogP contribution in [0.2, 0.25) is 15.1 Å². The average Bonchev–Trinajstić information content (AvgIpc) is 2.47. The van der Waals surface area contributed by atoms with Crippen LogP contribution in [0.1, 0.15) is 6.92 Å². The minimum absolute atomic E-state index is 0.289. The van der Waals surface area contributed by atoms with Gasteiger partial charge in [-0.2, -0.15) is 0 Å². The van der Waals surface area contributed by atoms with E-state index in [1.54, 1.807) is 6.92 Å². The topological polar surface area (TPSA) is 38.3 Å². The summed E-state index contributed by atoms with van der Waals surface area (Å²) in [5.74, 6) is 0.0182. The third-order valence-corrected chi connectivity index (χ3v) is 4.50. The Kier molecular flexibility index (Phi) is 6.20. The standard InChI is InChI=1S/C15H11Cl3INO2/c1-8(15(21)20-10-4-2-9(19)3-5-10)22-14-7-12(17)11(16)6-13(14)18/h2-8H,1H3,(H,20,21). The van der Waals surface area contributed by atoms with Gasteiger partial charge in [0.1, 0.15) is 5.75 Å². The molecule has 0 saturated heterocycles. The number of nitrogens with one attached hydrogen (secondary N) is 1. The fourth-order valence-electron chi connectivity index (χ4n) is 1.62. The molecule has 3 nitrogen and oxygen atoms in total. The van der Waals surface area contributed by atoms with Crippen LogP contribution in [0, 0.1) is 3.57 Å². The maximum Gasteiger partial charge on any atom is 0.265 e. The number of benzene rings is 2. The van der Waals surface area contributed by atoms with Gasteiger partial charge in [-0.25, -0.2) is 0 Å². The molecule has 22 heavy (non-hydrogen) atoms. The van der Waals surface area contributed by atoms with Gasteiger partial charge in [0.25, 0.3) is 5.91 Å². The molecule has 1 N–H and O–H groups in total. The summed E-state index contributed by atoms with van der Waals surface area (Å²) in [6, 6.07) is 10.4. The van der Waals surface area contributed by atoms with Crippen molar-refractivity contribution in [2.45, 2.75) is 13.0 Å². The third-order valence-electron chi connectivity index (χ3n) is 2.76. The lowest BCUT2D eigenvalue weighted by Gasteiger charge is -2.16. The van der Waals surface area contributed by atoms with E-state index in [-0.39, 0.29) is 5.91 Å². The first-order valence-electron chi connectivity index (χ1n) is 6.24. The van der Waals surface area contributed by atoms with Crippen molar-refractivity contribution in [3.63, 3.8) is 0 Å². The summed E-state index contributed by atoms with van der Waals surface area (Å²) in [6.07, 6.45) is -0.742. The second kappa shape index (κ2) is 7.73. The Labute approximate surface area is 157 Å². The third kappa shape index (κ3) is 4.65. The monoisotopic (exact) mass is 469 g/mol. The van der Waals surface area contributed by atoms with Crippen LogP contribution in [0.3, 0.4) is 0 Å². The van der Waals surface area contributed by atoms with E-state index in [1.807, 2.05) is 24.3 Å². The molecule has 1 amide bonds. The summed E-state index contributed by atoms with van der Waals surface area (Å²) >= 11 is 20.0. The quantitative estimate of drug-likeness (QED) is 0.463. The van der Waals surface area contributed by atoms with Crippen LogP contribution in [0.5, 0.6) is 5.75 Å². The first kappa shape index (κ1) is 17.7. The lowest BCUT2D eigenvalue weighted by Crippen LogP contribution is -2.30. The molecule has 0 aliphatic rings. The summed E-state index contributed by atoms with van der Waals surface area (Å²) in [7, 11) is 0. The number of ether oxygens (including phenoxy) is 1. The first-order chi connectivity index (χ1) is 10.4. The summed E-state index contributed by atoms with van der Waals surface area (Å²) in [4.78, 5) is 12.1. The molecular weight excluding hydrogens is 459 g/mol. The van der Waals surface area contributed by atoms with Gasteiger partial charge < -0.3 is 10.1 Å². The molecule has 0 aliphatic heterocycles. The predicted molar refractivity (Wildman–Crippen MR) is 99.4 cm³/mol. The van der Waals surface area contributed by atoms with E-state index in [2.05, 4.69) is 27.9 Å². The van der Waals surface area contributed by atoms with Crippen molar-refractivity contribution in [3.05, 3.63) is 55.0 Å². The maximum atomic E-state index is 12.1. The molecule has 0 saturated carbocycles. The van der Waals surface area contributed by atoms with Gasteiger partial charge in [-0.3, -0.25) is 4.79 Å². The Morgan fingerprint density at radius 2 is 1.68 bits per heavy atom. The predicted octanol–water partition coefficient (Wildman–Crippen LogP) is 5.66. The zero-order chi connectivity index (χ0) is 16.3. The highest BCUT2D eigenvalue weighted by atomic mass is 127. The fraction of sp³-hybridized carbons (Fsp3) is 0.133. The molecule has 0 fully saturated rings. The van der Waals surface area contributed by atoms with E-state index >= 15 is 0 Å². The van der Waals surface area contributed by atoms with E-state index in [0.29, 0.717) is 26.5 Å². The zero-order valence-corrected chi connectivity index (χ0v) is 15.8. The number of carbonyl (C=O) groups is 1. The zero-order valence-electron chi connectivity index (χ0n) is 11.4. The van der Waals surface area contributed by atoms with Gasteiger partial charge in [0, 0.05) is 15.3 Å². The van der Waals surface area contributed by atoms with Crippen molar-refractivity contribution in [2.24, 2.45) is 0 Å². The Hall–Kier alpha value is -0.690. The smallest absolute Gasteiger partial charge is 0.265 e. The normalized spacial score (nSPS) is 11.9. The Bertz CT molecular complexity index is 692. The molecule has 0 bridgehead atoms. The SMILES string of the molecule is CC(Oc1cc(Cl)c(Cl)cc1Cl)C(=O)Nc1ccc(I)cc1. The number of halogens is 4. The Balaban J connectivity index is 2.05. The molecule has 0 aliphatic carbocycles. The van der Waals surface area contributed by atoms with E-state index in [4.69, 9.17) is 39.5 Å². The van der Waals surface area contributed by atoms with Crippen molar-refractivity contribution < 1.29 is 9.53 Å². The van der Waals surface area contributed by atoms with Crippen molar-refractivity contribution in [3.8, 4) is 5.75 Å². The number of hydrogen-bond donors (Lipinski definition) is 1.